The lowest BCUT2D eigenvalue weighted by Crippen LogP contribution is -2.36. The second kappa shape index (κ2) is 7.61. The third-order valence-corrected chi connectivity index (χ3v) is 6.51. The van der Waals surface area contributed by atoms with Gasteiger partial charge in [0.05, 0.1) is 35.2 Å². The van der Waals surface area contributed by atoms with E-state index in [2.05, 4.69) is 43.4 Å². The van der Waals surface area contributed by atoms with Crippen molar-refractivity contribution in [3.8, 4) is 0 Å². The molecule has 3 heterocycles. The van der Waals surface area contributed by atoms with E-state index in [4.69, 9.17) is 4.98 Å². The number of thiazole rings is 1. The summed E-state index contributed by atoms with van der Waals surface area (Å²) in [5.74, 6) is 0.831. The fourth-order valence-corrected chi connectivity index (χ4v) is 4.95. The van der Waals surface area contributed by atoms with Crippen LogP contribution in [0, 0.1) is 0 Å². The molecule has 2 atom stereocenters. The lowest BCUT2D eigenvalue weighted by molar-refractivity contribution is 0.116. The molecule has 0 aliphatic heterocycles. The van der Waals surface area contributed by atoms with E-state index in [-0.39, 0.29) is 12.1 Å². The van der Waals surface area contributed by atoms with Crippen LogP contribution in [0.2, 0.25) is 0 Å². The Morgan fingerprint density at radius 1 is 1.14 bits per heavy atom. The van der Waals surface area contributed by atoms with Gasteiger partial charge in [0.1, 0.15) is 11.3 Å². The van der Waals surface area contributed by atoms with Gasteiger partial charge < -0.3 is 20.3 Å². The van der Waals surface area contributed by atoms with Crippen LogP contribution in [0.5, 0.6) is 0 Å². The van der Waals surface area contributed by atoms with E-state index in [9.17, 15) is 5.11 Å². The molecule has 0 saturated heterocycles. The summed E-state index contributed by atoms with van der Waals surface area (Å²) in [4.78, 5) is 13.8. The highest BCUT2D eigenvalue weighted by molar-refractivity contribution is 7.22. The van der Waals surface area contributed by atoms with Crippen LogP contribution in [0.4, 0.5) is 10.9 Å². The van der Waals surface area contributed by atoms with Gasteiger partial charge in [-0.3, -0.25) is 0 Å². The first-order chi connectivity index (χ1) is 14.2. The molecule has 0 bridgehead atoms. The van der Waals surface area contributed by atoms with Crippen LogP contribution in [0.15, 0.2) is 36.7 Å². The topological polar surface area (TPSA) is 87.9 Å². The summed E-state index contributed by atoms with van der Waals surface area (Å²) in [6, 6.07) is 10.4. The van der Waals surface area contributed by atoms with Gasteiger partial charge in [0.2, 0.25) is 0 Å². The van der Waals surface area contributed by atoms with Gasteiger partial charge in [0.15, 0.2) is 10.8 Å². The van der Waals surface area contributed by atoms with Crippen LogP contribution in [0.3, 0.4) is 0 Å². The molecule has 0 amide bonds. The Morgan fingerprint density at radius 2 is 2.00 bits per heavy atom. The van der Waals surface area contributed by atoms with Gasteiger partial charge in [0.25, 0.3) is 0 Å². The number of aromatic nitrogens is 4. The Hall–Kier alpha value is -2.71. The fourth-order valence-electron chi connectivity index (χ4n) is 3.96. The van der Waals surface area contributed by atoms with Gasteiger partial charge >= 0.3 is 0 Å². The standard InChI is InChI=1S/C21H24N6OS/c1-22-19-9-8-16-20(26-19)27(12-23-16)11-13-6-7-15-18(10-13)29-21(25-15)24-14-4-2-3-5-17(14)28/h6-10,12,14,17,28H,2-5,11H2,1H3,(H,22,26)(H,24,25)/t14-,17-/m1/s1. The Bertz CT molecular complexity index is 1150. The maximum Gasteiger partial charge on any atom is 0.184 e. The maximum atomic E-state index is 10.2. The lowest BCUT2D eigenvalue weighted by atomic mass is 9.93. The lowest BCUT2D eigenvalue weighted by Gasteiger charge is -2.27. The van der Waals surface area contributed by atoms with Gasteiger partial charge in [-0.25, -0.2) is 15.0 Å². The van der Waals surface area contributed by atoms with Crippen LogP contribution >= 0.6 is 11.3 Å². The molecule has 3 N–H and O–H groups in total. The number of benzene rings is 1. The second-order valence-corrected chi connectivity index (χ2v) is 8.62. The molecule has 0 spiro atoms. The number of aliphatic hydroxyl groups excluding tert-OH is 1. The van der Waals surface area contributed by atoms with Gasteiger partial charge in [-0.15, -0.1) is 0 Å². The monoisotopic (exact) mass is 408 g/mol. The molecule has 0 unspecified atom stereocenters. The molecule has 8 heteroatoms. The molecule has 150 valence electrons. The van der Waals surface area contributed by atoms with Gasteiger partial charge in [0, 0.05) is 7.05 Å². The third kappa shape index (κ3) is 3.65. The van der Waals surface area contributed by atoms with Crippen LogP contribution in [-0.4, -0.2) is 43.8 Å². The smallest absolute Gasteiger partial charge is 0.184 e. The zero-order chi connectivity index (χ0) is 19.8. The van der Waals surface area contributed by atoms with Crippen molar-refractivity contribution in [1.29, 1.82) is 0 Å². The second-order valence-electron chi connectivity index (χ2n) is 7.59. The summed E-state index contributed by atoms with van der Waals surface area (Å²) >= 11 is 1.65. The van der Waals surface area contributed by atoms with Crippen molar-refractivity contribution in [1.82, 2.24) is 19.5 Å². The van der Waals surface area contributed by atoms with Crippen molar-refractivity contribution in [2.24, 2.45) is 0 Å². The maximum absolute atomic E-state index is 10.2. The Balaban J connectivity index is 1.39. The zero-order valence-electron chi connectivity index (χ0n) is 16.3. The van der Waals surface area contributed by atoms with Gasteiger partial charge in [-0.05, 0) is 42.7 Å². The summed E-state index contributed by atoms with van der Waals surface area (Å²) in [6.45, 7) is 0.703. The predicted octanol–water partition coefficient (Wildman–Crippen LogP) is 3.85. The van der Waals surface area contributed by atoms with Crippen molar-refractivity contribution in [3.05, 3.63) is 42.2 Å². The molecule has 4 aromatic rings. The molecular formula is C21H24N6OS. The zero-order valence-corrected chi connectivity index (χ0v) is 17.1. The average molecular weight is 409 g/mol. The molecule has 3 aromatic heterocycles. The molecular weight excluding hydrogens is 384 g/mol. The molecule has 7 nitrogen and oxygen atoms in total. The van der Waals surface area contributed by atoms with E-state index in [0.717, 1.165) is 58.0 Å². The number of hydrogen-bond donors (Lipinski definition) is 3. The fraction of sp³-hybridized carbons (Fsp3) is 0.381. The summed E-state index contributed by atoms with van der Waals surface area (Å²) in [5.41, 5.74) is 3.93. The van der Waals surface area contributed by atoms with E-state index in [1.54, 1.807) is 11.3 Å². The third-order valence-electron chi connectivity index (χ3n) is 5.56. The Kier molecular flexibility index (Phi) is 4.81. The predicted molar refractivity (Wildman–Crippen MR) is 118 cm³/mol. The van der Waals surface area contributed by atoms with Crippen LogP contribution in [-0.2, 0) is 6.54 Å². The van der Waals surface area contributed by atoms with Crippen LogP contribution < -0.4 is 10.6 Å². The highest BCUT2D eigenvalue weighted by atomic mass is 32.1. The van der Waals surface area contributed by atoms with Gasteiger partial charge in [-0.1, -0.05) is 30.2 Å². The SMILES string of the molecule is CNc1ccc2ncn(Cc3ccc4nc(N[C@@H]5CCCC[C@H]5O)sc4c3)c2n1. The summed E-state index contributed by atoms with van der Waals surface area (Å²) in [6.07, 6.45) is 5.69. The van der Waals surface area contributed by atoms with Crippen molar-refractivity contribution in [2.45, 2.75) is 44.4 Å². The minimum Gasteiger partial charge on any atom is -0.391 e. The van der Waals surface area contributed by atoms with Crippen molar-refractivity contribution < 1.29 is 5.11 Å². The number of hydrogen-bond acceptors (Lipinski definition) is 7. The largest absolute Gasteiger partial charge is 0.391 e. The molecule has 1 fully saturated rings. The van der Waals surface area contributed by atoms with Gasteiger partial charge in [-0.2, -0.15) is 0 Å². The summed E-state index contributed by atoms with van der Waals surface area (Å²) in [7, 11) is 1.87. The number of imidazole rings is 1. The first kappa shape index (κ1) is 18.3. The highest BCUT2D eigenvalue weighted by Gasteiger charge is 2.23. The number of nitrogens with one attached hydrogen (secondary N) is 2. The molecule has 0 radical (unpaired) electrons. The molecule has 1 saturated carbocycles. The molecule has 1 aliphatic carbocycles. The molecule has 29 heavy (non-hydrogen) atoms. The minimum atomic E-state index is -0.282. The number of pyridine rings is 1. The summed E-state index contributed by atoms with van der Waals surface area (Å²) in [5, 5.41) is 17.6. The number of aliphatic hydroxyl groups is 1. The van der Waals surface area contributed by atoms with Crippen LogP contribution in [0.25, 0.3) is 21.4 Å². The molecule has 1 aromatic carbocycles. The number of nitrogens with zero attached hydrogens (tertiary/aromatic N) is 4. The van der Waals surface area contributed by atoms with Crippen molar-refractivity contribution >= 4 is 43.7 Å². The van der Waals surface area contributed by atoms with E-state index < -0.39 is 0 Å². The number of anilines is 2. The quantitative estimate of drug-likeness (QED) is 0.465. The van der Waals surface area contributed by atoms with E-state index in [1.165, 1.54) is 5.56 Å². The molecule has 1 aliphatic rings. The van der Waals surface area contributed by atoms with Crippen LogP contribution in [0.1, 0.15) is 31.2 Å². The van der Waals surface area contributed by atoms with E-state index >= 15 is 0 Å². The Morgan fingerprint density at radius 3 is 2.86 bits per heavy atom. The first-order valence-electron chi connectivity index (χ1n) is 10.0. The van der Waals surface area contributed by atoms with Crippen molar-refractivity contribution in [2.75, 3.05) is 17.7 Å². The molecule has 5 rings (SSSR count). The number of fused-ring (bicyclic) bond motifs is 2. The Labute approximate surface area is 172 Å². The minimum absolute atomic E-state index is 0.105. The van der Waals surface area contributed by atoms with Crippen molar-refractivity contribution in [3.63, 3.8) is 0 Å². The normalized spacial score (nSPS) is 19.7. The highest BCUT2D eigenvalue weighted by Crippen LogP contribution is 2.30. The first-order valence-corrected chi connectivity index (χ1v) is 10.8. The number of rotatable bonds is 5. The van der Waals surface area contributed by atoms with E-state index in [0.29, 0.717) is 6.54 Å². The van der Waals surface area contributed by atoms with E-state index in [1.807, 2.05) is 25.5 Å². The average Bonchev–Trinajstić information content (AvgIpc) is 3.32. The summed E-state index contributed by atoms with van der Waals surface area (Å²) < 4.78 is 3.21.